The quantitative estimate of drug-likeness (QED) is 0.733. The highest BCUT2D eigenvalue weighted by molar-refractivity contribution is 5.31. The molecule has 0 aliphatic carbocycles. The van der Waals surface area contributed by atoms with Gasteiger partial charge < -0.3 is 4.74 Å². The minimum Gasteiger partial charge on any atom is -0.494 e. The van der Waals surface area contributed by atoms with E-state index < -0.39 is 0 Å². The van der Waals surface area contributed by atoms with Gasteiger partial charge in [-0.2, -0.15) is 4.57 Å². The normalized spacial score (nSPS) is 10.2. The first-order valence-electron chi connectivity index (χ1n) is 6.08. The minimum absolute atomic E-state index is 0.706. The molecule has 17 heavy (non-hydrogen) atoms. The van der Waals surface area contributed by atoms with E-state index >= 15 is 0 Å². The van der Waals surface area contributed by atoms with Gasteiger partial charge in [0.15, 0.2) is 11.9 Å². The first-order chi connectivity index (χ1) is 8.35. The Morgan fingerprint density at radius 3 is 2.41 bits per heavy atom. The molecule has 2 heteroatoms. The van der Waals surface area contributed by atoms with Gasteiger partial charge in [0.25, 0.3) is 0 Å². The molecular weight excluding hydrogens is 210 g/mol. The average molecular weight is 228 g/mol. The lowest BCUT2D eigenvalue weighted by molar-refractivity contribution is -0.604. The van der Waals surface area contributed by atoms with E-state index in [2.05, 4.69) is 48.0 Å². The predicted molar refractivity (Wildman–Crippen MR) is 68.5 cm³/mol. The highest BCUT2D eigenvalue weighted by Gasteiger charge is 2.10. The summed E-state index contributed by atoms with van der Waals surface area (Å²) < 4.78 is 7.65. The van der Waals surface area contributed by atoms with E-state index in [1.807, 2.05) is 19.1 Å². The summed E-state index contributed by atoms with van der Waals surface area (Å²) in [7, 11) is 0. The fraction of sp³-hybridized carbons (Fsp3) is 0.267. The number of nitrogens with zero attached hydrogens (tertiary/aromatic N) is 1. The van der Waals surface area contributed by atoms with Crippen LogP contribution in [0.25, 0.3) is 5.69 Å². The molecule has 2 rings (SSSR count). The second-order valence-electron chi connectivity index (χ2n) is 3.84. The molecule has 0 spiro atoms. The van der Waals surface area contributed by atoms with Gasteiger partial charge in [0, 0.05) is 30.7 Å². The summed E-state index contributed by atoms with van der Waals surface area (Å²) in [6.45, 7) is 4.87. The second-order valence-corrected chi connectivity index (χ2v) is 3.84. The largest absolute Gasteiger partial charge is 0.494 e. The van der Waals surface area contributed by atoms with Gasteiger partial charge in [-0.1, -0.05) is 13.0 Å². The third-order valence-electron chi connectivity index (χ3n) is 2.73. The number of ether oxygens (including phenoxy) is 1. The van der Waals surface area contributed by atoms with Crippen LogP contribution in [0.5, 0.6) is 5.75 Å². The summed E-state index contributed by atoms with van der Waals surface area (Å²) in [4.78, 5) is 0. The molecule has 0 saturated carbocycles. The first kappa shape index (κ1) is 11.6. The van der Waals surface area contributed by atoms with Crippen LogP contribution in [0.15, 0.2) is 48.7 Å². The Balaban J connectivity index is 2.33. The summed E-state index contributed by atoms with van der Waals surface area (Å²) in [5.41, 5.74) is 2.47. The summed E-state index contributed by atoms with van der Waals surface area (Å²) in [6.07, 6.45) is 3.11. The SMILES string of the molecule is CCOc1ccc(-[n+]2ccccc2CC)cc1. The summed E-state index contributed by atoms with van der Waals surface area (Å²) in [6, 6.07) is 14.5. The van der Waals surface area contributed by atoms with Crippen LogP contribution >= 0.6 is 0 Å². The zero-order chi connectivity index (χ0) is 12.1. The molecule has 88 valence electrons. The van der Waals surface area contributed by atoms with E-state index in [1.165, 1.54) is 11.4 Å². The molecule has 0 aliphatic rings. The van der Waals surface area contributed by atoms with Crippen molar-refractivity contribution in [3.05, 3.63) is 54.4 Å². The number of hydrogen-bond donors (Lipinski definition) is 0. The van der Waals surface area contributed by atoms with Crippen molar-refractivity contribution in [1.82, 2.24) is 0 Å². The average Bonchev–Trinajstić information content (AvgIpc) is 2.40. The van der Waals surface area contributed by atoms with Crippen LogP contribution in [0.3, 0.4) is 0 Å². The van der Waals surface area contributed by atoms with Crippen molar-refractivity contribution in [2.24, 2.45) is 0 Å². The Hall–Kier alpha value is -1.83. The van der Waals surface area contributed by atoms with Crippen molar-refractivity contribution in [3.63, 3.8) is 0 Å². The van der Waals surface area contributed by atoms with Crippen molar-refractivity contribution in [2.75, 3.05) is 6.61 Å². The highest BCUT2D eigenvalue weighted by Crippen LogP contribution is 2.12. The number of aromatic nitrogens is 1. The molecule has 1 heterocycles. The Morgan fingerprint density at radius 2 is 1.76 bits per heavy atom. The van der Waals surface area contributed by atoms with Gasteiger partial charge in [-0.25, -0.2) is 0 Å². The van der Waals surface area contributed by atoms with Gasteiger partial charge >= 0.3 is 0 Å². The van der Waals surface area contributed by atoms with E-state index in [4.69, 9.17) is 4.74 Å². The van der Waals surface area contributed by atoms with Crippen molar-refractivity contribution < 1.29 is 9.30 Å². The zero-order valence-electron chi connectivity index (χ0n) is 10.4. The van der Waals surface area contributed by atoms with Crippen molar-refractivity contribution in [3.8, 4) is 11.4 Å². The van der Waals surface area contributed by atoms with Gasteiger partial charge in [-0.05, 0) is 19.1 Å². The third-order valence-corrected chi connectivity index (χ3v) is 2.73. The molecule has 0 aliphatic heterocycles. The van der Waals surface area contributed by atoms with Crippen LogP contribution in [0.4, 0.5) is 0 Å². The smallest absolute Gasteiger partial charge is 0.211 e. The molecule has 0 atom stereocenters. The number of pyridine rings is 1. The number of rotatable bonds is 4. The molecule has 1 aromatic carbocycles. The van der Waals surface area contributed by atoms with Crippen molar-refractivity contribution in [2.45, 2.75) is 20.3 Å². The van der Waals surface area contributed by atoms with Gasteiger partial charge in [-0.15, -0.1) is 0 Å². The molecule has 0 bridgehead atoms. The van der Waals surface area contributed by atoms with Crippen LogP contribution < -0.4 is 9.30 Å². The van der Waals surface area contributed by atoms with E-state index in [0.29, 0.717) is 6.61 Å². The third kappa shape index (κ3) is 2.64. The minimum atomic E-state index is 0.706. The molecule has 0 amide bonds. The lowest BCUT2D eigenvalue weighted by Crippen LogP contribution is -2.34. The van der Waals surface area contributed by atoms with Crippen molar-refractivity contribution >= 4 is 0 Å². The maximum Gasteiger partial charge on any atom is 0.211 e. The summed E-state index contributed by atoms with van der Waals surface area (Å²) >= 11 is 0. The molecule has 0 unspecified atom stereocenters. The standard InChI is InChI=1S/C15H18NO/c1-3-13-7-5-6-12-16(13)14-8-10-15(11-9-14)17-4-2/h5-12H,3-4H2,1-2H3/q+1. The Kier molecular flexibility index (Phi) is 3.76. The summed E-state index contributed by atoms with van der Waals surface area (Å²) in [5, 5.41) is 0. The van der Waals surface area contributed by atoms with Gasteiger partial charge in [0.2, 0.25) is 5.69 Å². The zero-order valence-corrected chi connectivity index (χ0v) is 10.4. The molecular formula is C15H18NO+. The lowest BCUT2D eigenvalue weighted by atomic mass is 10.2. The van der Waals surface area contributed by atoms with Crippen molar-refractivity contribution in [1.29, 1.82) is 0 Å². The van der Waals surface area contributed by atoms with E-state index in [9.17, 15) is 0 Å². The first-order valence-corrected chi connectivity index (χ1v) is 6.08. The predicted octanol–water partition coefficient (Wildman–Crippen LogP) is 2.92. The van der Waals surface area contributed by atoms with E-state index in [-0.39, 0.29) is 0 Å². The molecule has 0 saturated heterocycles. The molecule has 2 nitrogen and oxygen atoms in total. The van der Waals surface area contributed by atoms with Crippen LogP contribution in [-0.4, -0.2) is 6.61 Å². The van der Waals surface area contributed by atoms with Crippen LogP contribution in [0, 0.1) is 0 Å². The van der Waals surface area contributed by atoms with Crippen LogP contribution in [0.2, 0.25) is 0 Å². The maximum atomic E-state index is 5.44. The van der Waals surface area contributed by atoms with E-state index in [0.717, 1.165) is 12.2 Å². The monoisotopic (exact) mass is 228 g/mol. The van der Waals surface area contributed by atoms with Crippen LogP contribution in [0.1, 0.15) is 19.5 Å². The molecule has 0 N–H and O–H groups in total. The topological polar surface area (TPSA) is 13.1 Å². The Bertz CT molecular complexity index is 477. The lowest BCUT2D eigenvalue weighted by Gasteiger charge is -2.03. The van der Waals surface area contributed by atoms with Crippen LogP contribution in [-0.2, 0) is 6.42 Å². The second kappa shape index (κ2) is 5.48. The summed E-state index contributed by atoms with van der Waals surface area (Å²) in [5.74, 6) is 0.922. The van der Waals surface area contributed by atoms with Gasteiger partial charge in [0.05, 0.1) is 6.61 Å². The number of benzene rings is 1. The number of hydrogen-bond acceptors (Lipinski definition) is 1. The van der Waals surface area contributed by atoms with Gasteiger partial charge in [0.1, 0.15) is 5.75 Å². The Morgan fingerprint density at radius 1 is 1.00 bits per heavy atom. The molecule has 2 aromatic rings. The van der Waals surface area contributed by atoms with E-state index in [1.54, 1.807) is 0 Å². The molecule has 0 fully saturated rings. The maximum absolute atomic E-state index is 5.44. The fourth-order valence-electron chi connectivity index (χ4n) is 1.89. The number of aryl methyl sites for hydroxylation is 1. The Labute approximate surface area is 102 Å². The highest BCUT2D eigenvalue weighted by atomic mass is 16.5. The molecule has 1 aromatic heterocycles. The fourth-order valence-corrected chi connectivity index (χ4v) is 1.89. The molecule has 0 radical (unpaired) electrons. The van der Waals surface area contributed by atoms with Gasteiger partial charge in [-0.3, -0.25) is 0 Å².